The Balaban J connectivity index is 1.85. The lowest BCUT2D eigenvalue weighted by Crippen LogP contribution is -2.58. The molecule has 3 rings (SSSR count). The quantitative estimate of drug-likeness (QED) is 0.289. The van der Waals surface area contributed by atoms with Crippen molar-refractivity contribution < 1.29 is 29.4 Å². The number of carboxylic acid groups (broad SMARTS) is 1. The van der Waals surface area contributed by atoms with Crippen molar-refractivity contribution in [2.75, 3.05) is 13.2 Å². The molecule has 10 nitrogen and oxygen atoms in total. The van der Waals surface area contributed by atoms with E-state index in [0.717, 1.165) is 11.1 Å². The topological polar surface area (TPSA) is 162 Å². The number of carboxylic acids is 1. The molecule has 1 fully saturated rings. The van der Waals surface area contributed by atoms with E-state index in [4.69, 9.17) is 5.73 Å². The maximum Gasteiger partial charge on any atom is 0.326 e. The summed E-state index contributed by atoms with van der Waals surface area (Å²) in [6, 6.07) is 13.8. The second kappa shape index (κ2) is 12.8. The number of amides is 3. The summed E-state index contributed by atoms with van der Waals surface area (Å²) in [5, 5.41) is 24.1. The van der Waals surface area contributed by atoms with Crippen LogP contribution < -0.4 is 16.4 Å². The van der Waals surface area contributed by atoms with Crippen molar-refractivity contribution >= 4 is 23.7 Å². The Morgan fingerprint density at radius 2 is 1.42 bits per heavy atom. The van der Waals surface area contributed by atoms with E-state index in [1.165, 1.54) is 4.90 Å². The minimum absolute atomic E-state index is 0.129. The van der Waals surface area contributed by atoms with Crippen LogP contribution in [-0.2, 0) is 32.0 Å². The Hall–Kier alpha value is -3.76. The summed E-state index contributed by atoms with van der Waals surface area (Å²) in [6.45, 7) is -0.307. The van der Waals surface area contributed by atoms with Crippen LogP contribution in [0.2, 0.25) is 0 Å². The summed E-state index contributed by atoms with van der Waals surface area (Å²) in [5.41, 5.74) is 7.18. The van der Waals surface area contributed by atoms with Gasteiger partial charge < -0.3 is 31.5 Å². The van der Waals surface area contributed by atoms with E-state index in [2.05, 4.69) is 10.6 Å². The molecule has 1 heterocycles. The summed E-state index contributed by atoms with van der Waals surface area (Å²) in [7, 11) is 0. The van der Waals surface area contributed by atoms with E-state index >= 15 is 0 Å². The Morgan fingerprint density at radius 1 is 0.889 bits per heavy atom. The molecule has 2 aromatic rings. The van der Waals surface area contributed by atoms with Crippen molar-refractivity contribution in [3.05, 3.63) is 71.8 Å². The van der Waals surface area contributed by atoms with Crippen LogP contribution in [-0.4, -0.2) is 76.1 Å². The van der Waals surface area contributed by atoms with Gasteiger partial charge in [0, 0.05) is 19.4 Å². The summed E-state index contributed by atoms with van der Waals surface area (Å²) in [6.07, 6.45) is 1.18. The molecule has 4 unspecified atom stereocenters. The van der Waals surface area contributed by atoms with Crippen molar-refractivity contribution in [2.45, 2.75) is 49.9 Å². The van der Waals surface area contributed by atoms with Gasteiger partial charge in [-0.25, -0.2) is 4.79 Å². The van der Waals surface area contributed by atoms with Gasteiger partial charge in [-0.05, 0) is 24.0 Å². The third-order valence-corrected chi connectivity index (χ3v) is 6.17. The lowest BCUT2D eigenvalue weighted by Gasteiger charge is -2.29. The number of likely N-dealkylation sites (tertiary alicyclic amines) is 1. The van der Waals surface area contributed by atoms with Gasteiger partial charge in [0.25, 0.3) is 0 Å². The zero-order chi connectivity index (χ0) is 26.1. The van der Waals surface area contributed by atoms with E-state index in [0.29, 0.717) is 12.8 Å². The van der Waals surface area contributed by atoms with Crippen LogP contribution in [0, 0.1) is 0 Å². The molecular formula is C26H32N4O6. The van der Waals surface area contributed by atoms with Gasteiger partial charge in [-0.1, -0.05) is 60.7 Å². The fourth-order valence-electron chi connectivity index (χ4n) is 4.23. The zero-order valence-electron chi connectivity index (χ0n) is 19.9. The van der Waals surface area contributed by atoms with E-state index in [1.807, 2.05) is 36.4 Å². The van der Waals surface area contributed by atoms with Crippen molar-refractivity contribution in [1.29, 1.82) is 0 Å². The van der Waals surface area contributed by atoms with E-state index in [9.17, 15) is 29.4 Å². The van der Waals surface area contributed by atoms with Gasteiger partial charge in [0.05, 0.1) is 6.61 Å². The molecule has 0 bridgehead atoms. The standard InChI is InChI=1S/C26H32N4O6/c27-19(16-31)23(32)28-20(14-17-8-3-1-4-9-17)24(33)29-21(15-18-10-5-2-6-11-18)25(34)30-13-7-12-22(30)26(35)36/h1-6,8-11,19-22,31H,7,12-16,27H2,(H,28,32)(H,29,33)(H,35,36). The monoisotopic (exact) mass is 496 g/mol. The van der Waals surface area contributed by atoms with Crippen molar-refractivity contribution in [3.63, 3.8) is 0 Å². The predicted octanol–water partition coefficient (Wildman–Crippen LogP) is -0.163. The van der Waals surface area contributed by atoms with Crippen LogP contribution in [0.1, 0.15) is 24.0 Å². The molecule has 4 atom stereocenters. The van der Waals surface area contributed by atoms with Gasteiger partial charge in [0.1, 0.15) is 24.2 Å². The Bertz CT molecular complexity index is 1050. The number of aliphatic hydroxyl groups excluding tert-OH is 1. The number of nitrogens with zero attached hydrogens (tertiary/aromatic N) is 1. The average Bonchev–Trinajstić information content (AvgIpc) is 3.38. The zero-order valence-corrected chi connectivity index (χ0v) is 19.9. The highest BCUT2D eigenvalue weighted by Gasteiger charge is 2.38. The first-order valence-corrected chi connectivity index (χ1v) is 11.9. The number of benzene rings is 2. The number of aliphatic hydroxyl groups is 1. The third kappa shape index (κ3) is 7.12. The largest absolute Gasteiger partial charge is 0.480 e. The summed E-state index contributed by atoms with van der Waals surface area (Å²) >= 11 is 0. The highest BCUT2D eigenvalue weighted by molar-refractivity contribution is 5.94. The van der Waals surface area contributed by atoms with Crippen LogP contribution in [0.15, 0.2) is 60.7 Å². The number of carbonyl (C=O) groups is 4. The second-order valence-electron chi connectivity index (χ2n) is 8.82. The first kappa shape index (κ1) is 26.8. The molecule has 0 saturated carbocycles. The molecule has 10 heteroatoms. The molecule has 0 aliphatic carbocycles. The average molecular weight is 497 g/mol. The molecule has 2 aromatic carbocycles. The molecule has 192 valence electrons. The van der Waals surface area contributed by atoms with Gasteiger partial charge in [-0.2, -0.15) is 0 Å². The van der Waals surface area contributed by atoms with Gasteiger partial charge in [-0.15, -0.1) is 0 Å². The Morgan fingerprint density at radius 3 is 1.94 bits per heavy atom. The van der Waals surface area contributed by atoms with E-state index in [1.54, 1.807) is 24.3 Å². The molecule has 3 amide bonds. The molecular weight excluding hydrogens is 464 g/mol. The maximum absolute atomic E-state index is 13.5. The molecule has 0 aromatic heterocycles. The molecule has 0 radical (unpaired) electrons. The number of nitrogens with two attached hydrogens (primary N) is 1. The summed E-state index contributed by atoms with van der Waals surface area (Å²) < 4.78 is 0. The Labute approximate surface area is 209 Å². The fraction of sp³-hybridized carbons (Fsp3) is 0.385. The summed E-state index contributed by atoms with van der Waals surface area (Å²) in [4.78, 5) is 52.3. The smallest absolute Gasteiger partial charge is 0.326 e. The van der Waals surface area contributed by atoms with E-state index in [-0.39, 0.29) is 19.4 Å². The number of aliphatic carboxylic acids is 1. The van der Waals surface area contributed by atoms with Gasteiger partial charge >= 0.3 is 5.97 Å². The third-order valence-electron chi connectivity index (χ3n) is 6.17. The number of rotatable bonds is 11. The molecule has 36 heavy (non-hydrogen) atoms. The maximum atomic E-state index is 13.5. The first-order chi connectivity index (χ1) is 17.3. The molecule has 1 aliphatic heterocycles. The van der Waals surface area contributed by atoms with Crippen molar-refractivity contribution in [2.24, 2.45) is 5.73 Å². The van der Waals surface area contributed by atoms with Crippen LogP contribution in [0.4, 0.5) is 0 Å². The van der Waals surface area contributed by atoms with Crippen LogP contribution in [0.25, 0.3) is 0 Å². The molecule has 6 N–H and O–H groups in total. The first-order valence-electron chi connectivity index (χ1n) is 11.9. The predicted molar refractivity (Wildman–Crippen MR) is 132 cm³/mol. The highest BCUT2D eigenvalue weighted by atomic mass is 16.4. The second-order valence-corrected chi connectivity index (χ2v) is 8.82. The fourth-order valence-corrected chi connectivity index (χ4v) is 4.23. The Kier molecular flexibility index (Phi) is 9.54. The van der Waals surface area contributed by atoms with E-state index < -0.39 is 54.5 Å². The number of carbonyl (C=O) groups excluding carboxylic acids is 3. The van der Waals surface area contributed by atoms with Crippen LogP contribution in [0.3, 0.4) is 0 Å². The number of nitrogens with one attached hydrogen (secondary N) is 2. The van der Waals surface area contributed by atoms with Gasteiger partial charge in [0.15, 0.2) is 0 Å². The highest BCUT2D eigenvalue weighted by Crippen LogP contribution is 2.20. The van der Waals surface area contributed by atoms with Gasteiger partial charge in [-0.3, -0.25) is 14.4 Å². The molecule has 1 saturated heterocycles. The number of hydrogen-bond acceptors (Lipinski definition) is 6. The van der Waals surface area contributed by atoms with Crippen LogP contribution >= 0.6 is 0 Å². The van der Waals surface area contributed by atoms with Crippen molar-refractivity contribution in [1.82, 2.24) is 15.5 Å². The van der Waals surface area contributed by atoms with Crippen molar-refractivity contribution in [3.8, 4) is 0 Å². The van der Waals surface area contributed by atoms with Crippen LogP contribution in [0.5, 0.6) is 0 Å². The van der Waals surface area contributed by atoms with Gasteiger partial charge in [0.2, 0.25) is 17.7 Å². The minimum Gasteiger partial charge on any atom is -0.480 e. The lowest BCUT2D eigenvalue weighted by molar-refractivity contribution is -0.149. The SMILES string of the molecule is NC(CO)C(=O)NC(Cc1ccccc1)C(=O)NC(Cc1ccccc1)C(=O)N1CCCC1C(=O)O. The normalized spacial score (nSPS) is 17.6. The molecule has 1 aliphatic rings. The lowest BCUT2D eigenvalue weighted by atomic mass is 10.0. The summed E-state index contributed by atoms with van der Waals surface area (Å²) in [5.74, 6) is -2.89. The number of hydrogen-bond donors (Lipinski definition) is 5. The minimum atomic E-state index is -1.21. The molecule has 0 spiro atoms.